The van der Waals surface area contributed by atoms with Gasteiger partial charge in [-0.25, -0.2) is 4.39 Å². The van der Waals surface area contributed by atoms with Gasteiger partial charge < -0.3 is 14.5 Å². The number of hydrogen-bond donors (Lipinski definition) is 1. The molecule has 0 fully saturated rings. The van der Waals surface area contributed by atoms with Crippen LogP contribution in [-0.2, 0) is 11.3 Å². The molecule has 1 aromatic carbocycles. The van der Waals surface area contributed by atoms with Crippen molar-refractivity contribution in [2.24, 2.45) is 0 Å². The van der Waals surface area contributed by atoms with Gasteiger partial charge in [-0.3, -0.25) is 0 Å². The maximum atomic E-state index is 13.4. The van der Waals surface area contributed by atoms with Crippen LogP contribution >= 0.6 is 11.8 Å². The molecule has 3 nitrogen and oxygen atoms in total. The molecular weight excluding hydrogens is 277 g/mol. The van der Waals surface area contributed by atoms with E-state index in [4.69, 9.17) is 9.15 Å². The fraction of sp³-hybridized carbons (Fsp3) is 0.333. The largest absolute Gasteiger partial charge is 0.468 e. The van der Waals surface area contributed by atoms with Gasteiger partial charge in [-0.15, -0.1) is 0 Å². The summed E-state index contributed by atoms with van der Waals surface area (Å²) in [6.45, 7) is 3.91. The molecule has 0 atom stereocenters. The van der Waals surface area contributed by atoms with Gasteiger partial charge in [-0.05, 0) is 36.8 Å². The predicted molar refractivity (Wildman–Crippen MR) is 77.6 cm³/mol. The maximum Gasteiger partial charge on any atom is 0.123 e. The fourth-order valence-corrected chi connectivity index (χ4v) is 2.73. The van der Waals surface area contributed by atoms with Crippen LogP contribution in [0, 0.1) is 12.7 Å². The first-order chi connectivity index (χ1) is 9.70. The van der Waals surface area contributed by atoms with Crippen LogP contribution in [0.15, 0.2) is 44.7 Å². The number of furan rings is 1. The van der Waals surface area contributed by atoms with E-state index in [1.54, 1.807) is 37.3 Å². The molecular formula is C15H18FNO2S. The van der Waals surface area contributed by atoms with Crippen molar-refractivity contribution in [3.8, 4) is 0 Å². The Bertz CT molecular complexity index is 557. The summed E-state index contributed by atoms with van der Waals surface area (Å²) in [7, 11) is 1.66. The first kappa shape index (κ1) is 15.1. The molecule has 2 aromatic rings. The molecule has 0 saturated carbocycles. The molecule has 0 amide bonds. The summed E-state index contributed by atoms with van der Waals surface area (Å²) in [5.74, 6) is 0.652. The van der Waals surface area contributed by atoms with Gasteiger partial charge in [-0.2, -0.15) is 0 Å². The van der Waals surface area contributed by atoms with Crippen LogP contribution in [0.2, 0.25) is 0 Å². The molecule has 0 saturated heterocycles. The lowest BCUT2D eigenvalue weighted by Gasteiger charge is -2.10. The Morgan fingerprint density at radius 1 is 1.30 bits per heavy atom. The van der Waals surface area contributed by atoms with Crippen LogP contribution in [0.3, 0.4) is 0 Å². The van der Waals surface area contributed by atoms with Crippen molar-refractivity contribution >= 4 is 11.8 Å². The molecule has 108 valence electrons. The van der Waals surface area contributed by atoms with Crippen molar-refractivity contribution < 1.29 is 13.5 Å². The quantitative estimate of drug-likeness (QED) is 0.791. The molecule has 1 aromatic heterocycles. The smallest absolute Gasteiger partial charge is 0.123 e. The van der Waals surface area contributed by atoms with Crippen LogP contribution in [-0.4, -0.2) is 20.3 Å². The highest BCUT2D eigenvalue weighted by atomic mass is 32.2. The first-order valence-electron chi connectivity index (χ1n) is 6.40. The zero-order valence-electron chi connectivity index (χ0n) is 11.6. The van der Waals surface area contributed by atoms with E-state index in [1.807, 2.05) is 13.0 Å². The van der Waals surface area contributed by atoms with Gasteiger partial charge in [0.25, 0.3) is 0 Å². The minimum atomic E-state index is -0.221. The molecule has 2 rings (SSSR count). The SMILES string of the molecule is COCCNCc1cc(F)ccc1Sc1ccoc1C. The summed E-state index contributed by atoms with van der Waals surface area (Å²) in [4.78, 5) is 2.08. The highest BCUT2D eigenvalue weighted by molar-refractivity contribution is 7.99. The van der Waals surface area contributed by atoms with Gasteiger partial charge >= 0.3 is 0 Å². The summed E-state index contributed by atoms with van der Waals surface area (Å²) in [6, 6.07) is 6.78. The Morgan fingerprint density at radius 3 is 2.85 bits per heavy atom. The predicted octanol–water partition coefficient (Wildman–Crippen LogP) is 3.61. The lowest BCUT2D eigenvalue weighted by atomic mass is 10.2. The van der Waals surface area contributed by atoms with E-state index in [2.05, 4.69) is 5.32 Å². The van der Waals surface area contributed by atoms with Crippen molar-refractivity contribution in [1.82, 2.24) is 5.32 Å². The zero-order valence-corrected chi connectivity index (χ0v) is 12.4. The van der Waals surface area contributed by atoms with E-state index in [9.17, 15) is 4.39 Å². The molecule has 1 N–H and O–H groups in total. The topological polar surface area (TPSA) is 34.4 Å². The van der Waals surface area contributed by atoms with Crippen LogP contribution in [0.25, 0.3) is 0 Å². The molecule has 1 heterocycles. The van der Waals surface area contributed by atoms with E-state index in [0.29, 0.717) is 13.2 Å². The highest BCUT2D eigenvalue weighted by Gasteiger charge is 2.09. The van der Waals surface area contributed by atoms with E-state index in [1.165, 1.54) is 6.07 Å². The third-order valence-electron chi connectivity index (χ3n) is 2.85. The fourth-order valence-electron chi connectivity index (χ4n) is 1.78. The second-order valence-electron chi connectivity index (χ2n) is 4.36. The monoisotopic (exact) mass is 295 g/mol. The third kappa shape index (κ3) is 4.10. The summed E-state index contributed by atoms with van der Waals surface area (Å²) in [6.07, 6.45) is 1.66. The van der Waals surface area contributed by atoms with Gasteiger partial charge in [0.2, 0.25) is 0 Å². The van der Waals surface area contributed by atoms with Crippen LogP contribution in [0.5, 0.6) is 0 Å². The Kier molecular flexibility index (Phi) is 5.64. The van der Waals surface area contributed by atoms with Crippen LogP contribution in [0.4, 0.5) is 4.39 Å². The number of hydrogen-bond acceptors (Lipinski definition) is 4. The Balaban J connectivity index is 2.09. The average Bonchev–Trinajstić information content (AvgIpc) is 2.83. The summed E-state index contributed by atoms with van der Waals surface area (Å²) < 4.78 is 23.7. The number of halogens is 1. The first-order valence-corrected chi connectivity index (χ1v) is 7.22. The number of benzene rings is 1. The molecule has 0 radical (unpaired) electrons. The molecule has 0 unspecified atom stereocenters. The number of nitrogens with one attached hydrogen (secondary N) is 1. The van der Waals surface area contributed by atoms with Gasteiger partial charge in [0.1, 0.15) is 11.6 Å². The molecule has 0 aliphatic heterocycles. The summed E-state index contributed by atoms with van der Waals surface area (Å²) in [5, 5.41) is 3.24. The van der Waals surface area contributed by atoms with Gasteiger partial charge in [0.15, 0.2) is 0 Å². The minimum Gasteiger partial charge on any atom is -0.468 e. The lowest BCUT2D eigenvalue weighted by molar-refractivity contribution is 0.199. The Morgan fingerprint density at radius 2 is 2.15 bits per heavy atom. The van der Waals surface area contributed by atoms with Crippen molar-refractivity contribution in [2.45, 2.75) is 23.3 Å². The number of aryl methyl sites for hydroxylation is 1. The normalized spacial score (nSPS) is 10.9. The zero-order chi connectivity index (χ0) is 14.4. The van der Waals surface area contributed by atoms with Crippen molar-refractivity contribution in [1.29, 1.82) is 0 Å². The Labute approximate surface area is 122 Å². The lowest BCUT2D eigenvalue weighted by Crippen LogP contribution is -2.19. The van der Waals surface area contributed by atoms with E-state index >= 15 is 0 Å². The highest BCUT2D eigenvalue weighted by Crippen LogP contribution is 2.33. The number of ether oxygens (including phenoxy) is 1. The molecule has 20 heavy (non-hydrogen) atoms. The van der Waals surface area contributed by atoms with Gasteiger partial charge in [-0.1, -0.05) is 11.8 Å². The molecule has 0 spiro atoms. The molecule has 0 bridgehead atoms. The van der Waals surface area contributed by atoms with E-state index in [0.717, 1.165) is 27.7 Å². The molecule has 0 aliphatic rings. The average molecular weight is 295 g/mol. The third-order valence-corrected chi connectivity index (χ3v) is 4.11. The van der Waals surface area contributed by atoms with E-state index in [-0.39, 0.29) is 5.82 Å². The maximum absolute atomic E-state index is 13.4. The minimum absolute atomic E-state index is 0.221. The molecule has 5 heteroatoms. The van der Waals surface area contributed by atoms with Crippen LogP contribution < -0.4 is 5.32 Å². The van der Waals surface area contributed by atoms with Gasteiger partial charge in [0.05, 0.1) is 17.8 Å². The van der Waals surface area contributed by atoms with Gasteiger partial charge in [0, 0.05) is 25.1 Å². The van der Waals surface area contributed by atoms with Crippen molar-refractivity contribution in [3.63, 3.8) is 0 Å². The summed E-state index contributed by atoms with van der Waals surface area (Å²) in [5.41, 5.74) is 0.937. The van der Waals surface area contributed by atoms with Crippen molar-refractivity contribution in [2.75, 3.05) is 20.3 Å². The van der Waals surface area contributed by atoms with E-state index < -0.39 is 0 Å². The van der Waals surface area contributed by atoms with Crippen molar-refractivity contribution in [3.05, 3.63) is 47.7 Å². The second-order valence-corrected chi connectivity index (χ2v) is 5.45. The standard InChI is InChI=1S/C15H18FNO2S/c1-11-14(5-7-19-11)20-15-4-3-13(16)9-12(15)10-17-6-8-18-2/h3-5,7,9,17H,6,8,10H2,1-2H3. The number of rotatable bonds is 7. The second kappa shape index (κ2) is 7.47. The number of methoxy groups -OCH3 is 1. The molecule has 0 aliphatic carbocycles. The Hall–Kier alpha value is -1.30. The summed E-state index contributed by atoms with van der Waals surface area (Å²) >= 11 is 1.59. The van der Waals surface area contributed by atoms with Crippen LogP contribution in [0.1, 0.15) is 11.3 Å².